The molecule has 0 spiro atoms. The number of hydrogen-bond acceptors (Lipinski definition) is 4. The SMILES string of the molecule is Cc1ccc(/C=C/S(=O)(=O)NCC(=O)Nc2ccccc2C(=O)NCc2ccccc2)cc1. The fourth-order valence-electron chi connectivity index (χ4n) is 2.92. The minimum Gasteiger partial charge on any atom is -0.348 e. The highest BCUT2D eigenvalue weighted by Gasteiger charge is 2.14. The topological polar surface area (TPSA) is 104 Å². The number of para-hydroxylation sites is 1. The van der Waals surface area contributed by atoms with E-state index in [-0.39, 0.29) is 11.5 Å². The average Bonchev–Trinajstić information content (AvgIpc) is 2.82. The predicted octanol–water partition coefficient (Wildman–Crippen LogP) is 3.45. The van der Waals surface area contributed by atoms with Gasteiger partial charge >= 0.3 is 0 Å². The number of anilines is 1. The second-order valence-electron chi connectivity index (χ2n) is 7.34. The van der Waals surface area contributed by atoms with Gasteiger partial charge in [0.2, 0.25) is 15.9 Å². The van der Waals surface area contributed by atoms with E-state index in [0.29, 0.717) is 12.2 Å². The Bertz CT molecular complexity index is 1240. The van der Waals surface area contributed by atoms with Gasteiger partial charge in [-0.05, 0) is 36.3 Å². The molecule has 0 aliphatic heterocycles. The fraction of sp³-hybridized carbons (Fsp3) is 0.120. The molecule has 33 heavy (non-hydrogen) atoms. The molecule has 0 atom stereocenters. The first-order chi connectivity index (χ1) is 15.8. The van der Waals surface area contributed by atoms with Crippen LogP contribution < -0.4 is 15.4 Å². The molecule has 170 valence electrons. The van der Waals surface area contributed by atoms with E-state index < -0.39 is 22.5 Å². The van der Waals surface area contributed by atoms with Gasteiger partial charge in [-0.2, -0.15) is 0 Å². The van der Waals surface area contributed by atoms with Crippen molar-refractivity contribution < 1.29 is 18.0 Å². The Labute approximate surface area is 193 Å². The molecule has 0 unspecified atom stereocenters. The molecule has 2 amide bonds. The highest BCUT2D eigenvalue weighted by molar-refractivity contribution is 7.92. The summed E-state index contributed by atoms with van der Waals surface area (Å²) < 4.78 is 26.6. The van der Waals surface area contributed by atoms with Crippen molar-refractivity contribution in [2.45, 2.75) is 13.5 Å². The van der Waals surface area contributed by atoms with Crippen LogP contribution in [0.1, 0.15) is 27.0 Å². The van der Waals surface area contributed by atoms with E-state index in [4.69, 9.17) is 0 Å². The minimum atomic E-state index is -3.81. The predicted molar refractivity (Wildman–Crippen MR) is 130 cm³/mol. The van der Waals surface area contributed by atoms with Crippen molar-refractivity contribution in [2.24, 2.45) is 0 Å². The van der Waals surface area contributed by atoms with Gasteiger partial charge in [-0.1, -0.05) is 72.3 Å². The van der Waals surface area contributed by atoms with E-state index in [1.165, 1.54) is 6.08 Å². The molecule has 3 rings (SSSR count). The van der Waals surface area contributed by atoms with Crippen molar-refractivity contribution in [2.75, 3.05) is 11.9 Å². The van der Waals surface area contributed by atoms with Crippen molar-refractivity contribution in [3.63, 3.8) is 0 Å². The Morgan fingerprint density at radius 1 is 0.879 bits per heavy atom. The molecule has 0 aromatic heterocycles. The Morgan fingerprint density at radius 3 is 2.27 bits per heavy atom. The zero-order valence-corrected chi connectivity index (χ0v) is 18.9. The van der Waals surface area contributed by atoms with Gasteiger partial charge in [0, 0.05) is 12.0 Å². The number of sulfonamides is 1. The molecule has 8 heteroatoms. The highest BCUT2D eigenvalue weighted by atomic mass is 32.2. The second kappa shape index (κ2) is 11.2. The lowest BCUT2D eigenvalue weighted by Gasteiger charge is -2.12. The maximum Gasteiger partial charge on any atom is 0.253 e. The molecular weight excluding hydrogens is 438 g/mol. The van der Waals surface area contributed by atoms with E-state index in [2.05, 4.69) is 15.4 Å². The molecule has 0 fully saturated rings. The van der Waals surface area contributed by atoms with Gasteiger partial charge in [-0.25, -0.2) is 13.1 Å². The summed E-state index contributed by atoms with van der Waals surface area (Å²) in [7, 11) is -3.81. The molecule has 0 aliphatic rings. The van der Waals surface area contributed by atoms with Crippen LogP contribution in [0, 0.1) is 6.92 Å². The summed E-state index contributed by atoms with van der Waals surface area (Å²) in [6, 6.07) is 23.3. The molecular formula is C25H25N3O4S. The van der Waals surface area contributed by atoms with Gasteiger partial charge < -0.3 is 10.6 Å². The number of rotatable bonds is 9. The lowest BCUT2D eigenvalue weighted by molar-refractivity contribution is -0.115. The Hall–Kier alpha value is -3.75. The first kappa shape index (κ1) is 23.9. The molecule has 3 aromatic rings. The van der Waals surface area contributed by atoms with E-state index in [9.17, 15) is 18.0 Å². The Balaban J connectivity index is 1.56. The molecule has 0 saturated carbocycles. The molecule has 0 aliphatic carbocycles. The third-order valence-corrected chi connectivity index (χ3v) is 5.73. The summed E-state index contributed by atoms with van der Waals surface area (Å²) in [4.78, 5) is 24.9. The summed E-state index contributed by atoms with van der Waals surface area (Å²) >= 11 is 0. The third-order valence-electron chi connectivity index (χ3n) is 4.69. The van der Waals surface area contributed by atoms with Gasteiger partial charge in [0.25, 0.3) is 5.91 Å². The fourth-order valence-corrected chi connectivity index (χ4v) is 3.68. The number of amides is 2. The summed E-state index contributed by atoms with van der Waals surface area (Å²) in [6.07, 6.45) is 1.45. The zero-order valence-electron chi connectivity index (χ0n) is 18.1. The zero-order chi connectivity index (χ0) is 23.7. The van der Waals surface area contributed by atoms with Crippen molar-refractivity contribution in [3.8, 4) is 0 Å². The summed E-state index contributed by atoms with van der Waals surface area (Å²) in [5.74, 6) is -0.943. The van der Waals surface area contributed by atoms with Crippen LogP contribution in [-0.4, -0.2) is 26.8 Å². The van der Waals surface area contributed by atoms with Crippen LogP contribution in [0.3, 0.4) is 0 Å². The maximum absolute atomic E-state index is 12.6. The molecule has 0 radical (unpaired) electrons. The van der Waals surface area contributed by atoms with E-state index in [1.807, 2.05) is 49.4 Å². The van der Waals surface area contributed by atoms with Crippen molar-refractivity contribution >= 4 is 33.6 Å². The molecule has 0 heterocycles. The summed E-state index contributed by atoms with van der Waals surface area (Å²) in [6.45, 7) is 1.81. The number of hydrogen-bond donors (Lipinski definition) is 3. The van der Waals surface area contributed by atoms with Crippen LogP contribution in [-0.2, 0) is 21.4 Å². The lowest BCUT2D eigenvalue weighted by atomic mass is 10.1. The second-order valence-corrected chi connectivity index (χ2v) is 8.99. The first-order valence-electron chi connectivity index (χ1n) is 10.3. The van der Waals surface area contributed by atoms with Crippen LogP contribution in [0.15, 0.2) is 84.3 Å². The summed E-state index contributed by atoms with van der Waals surface area (Å²) in [5.41, 5.74) is 3.32. The standard InChI is InChI=1S/C25H25N3O4S/c1-19-11-13-20(14-12-19)15-16-33(31,32)27-18-24(29)28-23-10-6-5-9-22(23)25(30)26-17-21-7-3-2-4-8-21/h2-16,27H,17-18H2,1H3,(H,26,30)(H,28,29)/b16-15+. The average molecular weight is 464 g/mol. The minimum absolute atomic E-state index is 0.281. The van der Waals surface area contributed by atoms with Gasteiger partial charge in [-0.3, -0.25) is 9.59 Å². The van der Waals surface area contributed by atoms with Crippen LogP contribution in [0.25, 0.3) is 6.08 Å². The number of carbonyl (C=O) groups is 2. The van der Waals surface area contributed by atoms with Crippen molar-refractivity contribution in [1.29, 1.82) is 0 Å². The smallest absolute Gasteiger partial charge is 0.253 e. The number of benzene rings is 3. The van der Waals surface area contributed by atoms with Crippen LogP contribution >= 0.6 is 0 Å². The van der Waals surface area contributed by atoms with E-state index >= 15 is 0 Å². The molecule has 3 aromatic carbocycles. The van der Waals surface area contributed by atoms with Gasteiger partial charge in [0.05, 0.1) is 17.8 Å². The molecule has 0 bridgehead atoms. The Morgan fingerprint density at radius 2 is 1.55 bits per heavy atom. The number of carbonyl (C=O) groups excluding carboxylic acids is 2. The third kappa shape index (κ3) is 7.71. The van der Waals surface area contributed by atoms with Crippen molar-refractivity contribution in [1.82, 2.24) is 10.0 Å². The van der Waals surface area contributed by atoms with Crippen molar-refractivity contribution in [3.05, 3.63) is 107 Å². The van der Waals surface area contributed by atoms with Crippen LogP contribution in [0.2, 0.25) is 0 Å². The quantitative estimate of drug-likeness (QED) is 0.452. The van der Waals surface area contributed by atoms with E-state index in [0.717, 1.165) is 22.1 Å². The highest BCUT2D eigenvalue weighted by Crippen LogP contribution is 2.15. The number of aryl methyl sites for hydroxylation is 1. The first-order valence-corrected chi connectivity index (χ1v) is 11.8. The summed E-state index contributed by atoms with van der Waals surface area (Å²) in [5, 5.41) is 6.41. The molecule has 7 nitrogen and oxygen atoms in total. The van der Waals surface area contributed by atoms with Crippen LogP contribution in [0.4, 0.5) is 5.69 Å². The number of nitrogens with one attached hydrogen (secondary N) is 3. The Kier molecular flexibility index (Phi) is 8.12. The normalized spacial score (nSPS) is 11.3. The van der Waals surface area contributed by atoms with Gasteiger partial charge in [0.1, 0.15) is 0 Å². The van der Waals surface area contributed by atoms with Gasteiger partial charge in [-0.15, -0.1) is 0 Å². The van der Waals surface area contributed by atoms with E-state index in [1.54, 1.807) is 36.4 Å². The maximum atomic E-state index is 12.6. The lowest BCUT2D eigenvalue weighted by Crippen LogP contribution is -2.32. The van der Waals surface area contributed by atoms with Gasteiger partial charge in [0.15, 0.2) is 0 Å². The molecule has 3 N–H and O–H groups in total. The largest absolute Gasteiger partial charge is 0.348 e. The molecule has 0 saturated heterocycles. The van der Waals surface area contributed by atoms with Crippen LogP contribution in [0.5, 0.6) is 0 Å². The monoisotopic (exact) mass is 463 g/mol.